The fourth-order valence-electron chi connectivity index (χ4n) is 2.80. The van der Waals surface area contributed by atoms with E-state index in [1.54, 1.807) is 24.0 Å². The standard InChI is InChI=1S/C23H20N2O3S/c26-23(10-4-17-3-9-21-22(14-17)28-13-12-27-21)25-19-5-7-20(8-6-19)29-16-18-2-1-11-24-15-18/h1-11,14-15H,12-13,16H2,(H,25,26)/b10-4+. The molecular formula is C23H20N2O3S. The van der Waals surface area contributed by atoms with Crippen LogP contribution in [0, 0.1) is 0 Å². The SMILES string of the molecule is O=C(/C=C/c1ccc2c(c1)OCCO2)Nc1ccc(SCc2cccnc2)cc1. The van der Waals surface area contributed by atoms with Crippen LogP contribution in [0.25, 0.3) is 6.08 Å². The molecule has 1 aromatic heterocycles. The van der Waals surface area contributed by atoms with E-state index in [0.29, 0.717) is 19.0 Å². The van der Waals surface area contributed by atoms with Crippen LogP contribution in [-0.4, -0.2) is 24.1 Å². The summed E-state index contributed by atoms with van der Waals surface area (Å²) in [6.07, 6.45) is 6.91. The van der Waals surface area contributed by atoms with Crippen molar-refractivity contribution in [3.63, 3.8) is 0 Å². The normalized spacial score (nSPS) is 12.7. The van der Waals surface area contributed by atoms with E-state index in [1.807, 2.05) is 54.7 Å². The number of pyridine rings is 1. The number of nitrogens with zero attached hydrogens (tertiary/aromatic N) is 1. The van der Waals surface area contributed by atoms with Gasteiger partial charge in [-0.05, 0) is 59.7 Å². The summed E-state index contributed by atoms with van der Waals surface area (Å²) in [7, 11) is 0. The second-order valence-electron chi connectivity index (χ2n) is 6.40. The lowest BCUT2D eigenvalue weighted by molar-refractivity contribution is -0.111. The zero-order chi connectivity index (χ0) is 19.9. The zero-order valence-electron chi connectivity index (χ0n) is 15.7. The second-order valence-corrected chi connectivity index (χ2v) is 7.45. The first kappa shape index (κ1) is 19.1. The van der Waals surface area contributed by atoms with Gasteiger partial charge in [-0.15, -0.1) is 11.8 Å². The minimum atomic E-state index is -0.185. The monoisotopic (exact) mass is 404 g/mol. The molecular weight excluding hydrogens is 384 g/mol. The van der Waals surface area contributed by atoms with Crippen LogP contribution >= 0.6 is 11.8 Å². The number of amides is 1. The quantitative estimate of drug-likeness (QED) is 0.472. The summed E-state index contributed by atoms with van der Waals surface area (Å²) in [5.41, 5.74) is 2.82. The Bertz CT molecular complexity index is 1000. The van der Waals surface area contributed by atoms with Gasteiger partial charge in [0.05, 0.1) is 0 Å². The number of nitrogens with one attached hydrogen (secondary N) is 1. The van der Waals surface area contributed by atoms with Gasteiger partial charge in [0.1, 0.15) is 13.2 Å². The molecule has 1 aliphatic rings. The molecule has 0 radical (unpaired) electrons. The molecule has 0 saturated heterocycles. The molecule has 0 saturated carbocycles. The third-order valence-electron chi connectivity index (χ3n) is 4.24. The second kappa shape index (κ2) is 9.30. The highest BCUT2D eigenvalue weighted by Crippen LogP contribution is 2.31. The lowest BCUT2D eigenvalue weighted by Gasteiger charge is -2.18. The van der Waals surface area contributed by atoms with E-state index in [-0.39, 0.29) is 5.91 Å². The van der Waals surface area contributed by atoms with Gasteiger partial charge < -0.3 is 14.8 Å². The molecule has 1 aliphatic heterocycles. The van der Waals surface area contributed by atoms with Crippen molar-refractivity contribution < 1.29 is 14.3 Å². The third-order valence-corrected chi connectivity index (χ3v) is 5.33. The maximum atomic E-state index is 12.2. The van der Waals surface area contributed by atoms with Gasteiger partial charge >= 0.3 is 0 Å². The van der Waals surface area contributed by atoms with Crippen LogP contribution in [0.2, 0.25) is 0 Å². The fraction of sp³-hybridized carbons (Fsp3) is 0.130. The summed E-state index contributed by atoms with van der Waals surface area (Å²) >= 11 is 1.73. The van der Waals surface area contributed by atoms with Crippen molar-refractivity contribution in [1.82, 2.24) is 4.98 Å². The smallest absolute Gasteiger partial charge is 0.248 e. The molecule has 2 aromatic carbocycles. The molecule has 4 rings (SSSR count). The van der Waals surface area contributed by atoms with Crippen molar-refractivity contribution in [1.29, 1.82) is 0 Å². The molecule has 0 fully saturated rings. The maximum Gasteiger partial charge on any atom is 0.248 e. The number of carbonyl (C=O) groups is 1. The molecule has 0 aliphatic carbocycles. The predicted octanol–water partition coefficient (Wildman–Crippen LogP) is 4.80. The largest absolute Gasteiger partial charge is 0.486 e. The van der Waals surface area contributed by atoms with Crippen LogP contribution in [0.4, 0.5) is 5.69 Å². The first-order chi connectivity index (χ1) is 14.3. The van der Waals surface area contributed by atoms with E-state index in [2.05, 4.69) is 16.4 Å². The van der Waals surface area contributed by atoms with E-state index in [9.17, 15) is 4.79 Å². The molecule has 2 heterocycles. The number of benzene rings is 2. The van der Waals surface area contributed by atoms with Crippen molar-refractivity contribution in [3.8, 4) is 11.5 Å². The van der Waals surface area contributed by atoms with Gasteiger partial charge in [0.15, 0.2) is 11.5 Å². The van der Waals surface area contributed by atoms with Crippen LogP contribution in [0.1, 0.15) is 11.1 Å². The molecule has 3 aromatic rings. The van der Waals surface area contributed by atoms with Crippen molar-refractivity contribution in [2.45, 2.75) is 10.6 Å². The summed E-state index contributed by atoms with van der Waals surface area (Å²) in [4.78, 5) is 17.5. The van der Waals surface area contributed by atoms with E-state index in [4.69, 9.17) is 9.47 Å². The number of rotatable bonds is 6. The van der Waals surface area contributed by atoms with E-state index < -0.39 is 0 Å². The van der Waals surface area contributed by atoms with Gasteiger partial charge in [0, 0.05) is 34.8 Å². The minimum absolute atomic E-state index is 0.185. The predicted molar refractivity (Wildman–Crippen MR) is 115 cm³/mol. The molecule has 0 unspecified atom stereocenters. The van der Waals surface area contributed by atoms with E-state index in [1.165, 1.54) is 11.6 Å². The molecule has 146 valence electrons. The minimum Gasteiger partial charge on any atom is -0.486 e. The van der Waals surface area contributed by atoms with Crippen LogP contribution in [-0.2, 0) is 10.5 Å². The molecule has 0 bridgehead atoms. The van der Waals surface area contributed by atoms with Crippen molar-refractivity contribution >= 4 is 29.4 Å². The van der Waals surface area contributed by atoms with Gasteiger partial charge in [0.25, 0.3) is 0 Å². The van der Waals surface area contributed by atoms with Gasteiger partial charge in [-0.2, -0.15) is 0 Å². The first-order valence-corrected chi connectivity index (χ1v) is 10.3. The Kier molecular flexibility index (Phi) is 6.12. The number of hydrogen-bond acceptors (Lipinski definition) is 5. The number of hydrogen-bond donors (Lipinski definition) is 1. The molecule has 0 atom stereocenters. The molecule has 5 nitrogen and oxygen atoms in total. The average molecular weight is 404 g/mol. The highest BCUT2D eigenvalue weighted by Gasteiger charge is 2.10. The summed E-state index contributed by atoms with van der Waals surface area (Å²) in [5, 5.41) is 2.87. The van der Waals surface area contributed by atoms with Gasteiger partial charge in [0.2, 0.25) is 5.91 Å². The van der Waals surface area contributed by atoms with Gasteiger partial charge in [-0.3, -0.25) is 9.78 Å². The number of thioether (sulfide) groups is 1. The Labute approximate surface area is 173 Å². The van der Waals surface area contributed by atoms with E-state index in [0.717, 1.165) is 27.6 Å². The van der Waals surface area contributed by atoms with Crippen LogP contribution < -0.4 is 14.8 Å². The highest BCUT2D eigenvalue weighted by atomic mass is 32.2. The number of fused-ring (bicyclic) bond motifs is 1. The summed E-state index contributed by atoms with van der Waals surface area (Å²) < 4.78 is 11.1. The molecule has 6 heteroatoms. The number of carbonyl (C=O) groups excluding carboxylic acids is 1. The average Bonchev–Trinajstić information content (AvgIpc) is 2.78. The zero-order valence-corrected chi connectivity index (χ0v) is 16.5. The Morgan fingerprint density at radius 1 is 1.07 bits per heavy atom. The fourth-order valence-corrected chi connectivity index (χ4v) is 3.64. The number of anilines is 1. The van der Waals surface area contributed by atoms with Crippen LogP contribution in [0.5, 0.6) is 11.5 Å². The van der Waals surface area contributed by atoms with Crippen LogP contribution in [0.15, 0.2) is 78.0 Å². The lowest BCUT2D eigenvalue weighted by Crippen LogP contribution is -2.15. The summed E-state index contributed by atoms with van der Waals surface area (Å²) in [6.45, 7) is 1.10. The molecule has 1 amide bonds. The van der Waals surface area contributed by atoms with Gasteiger partial charge in [-0.1, -0.05) is 12.1 Å². The summed E-state index contributed by atoms with van der Waals surface area (Å²) in [6, 6.07) is 17.4. The lowest BCUT2D eigenvalue weighted by atomic mass is 10.2. The van der Waals surface area contributed by atoms with E-state index >= 15 is 0 Å². The topological polar surface area (TPSA) is 60.5 Å². The number of ether oxygens (including phenoxy) is 2. The van der Waals surface area contributed by atoms with Gasteiger partial charge in [-0.25, -0.2) is 0 Å². The Hall–Kier alpha value is -3.25. The van der Waals surface area contributed by atoms with Crippen molar-refractivity contribution in [2.75, 3.05) is 18.5 Å². The van der Waals surface area contributed by atoms with Crippen LogP contribution in [0.3, 0.4) is 0 Å². The Balaban J connectivity index is 1.30. The third kappa shape index (κ3) is 5.39. The molecule has 1 N–H and O–H groups in total. The maximum absolute atomic E-state index is 12.2. The molecule has 29 heavy (non-hydrogen) atoms. The number of aromatic nitrogens is 1. The molecule has 0 spiro atoms. The van der Waals surface area contributed by atoms with Crippen molar-refractivity contribution in [2.24, 2.45) is 0 Å². The highest BCUT2D eigenvalue weighted by molar-refractivity contribution is 7.98. The van der Waals surface area contributed by atoms with Crippen molar-refractivity contribution in [3.05, 3.63) is 84.2 Å². The first-order valence-electron chi connectivity index (χ1n) is 9.27. The Morgan fingerprint density at radius 3 is 2.69 bits per heavy atom. The summed E-state index contributed by atoms with van der Waals surface area (Å²) in [5.74, 6) is 2.12. The Morgan fingerprint density at radius 2 is 1.90 bits per heavy atom.